The van der Waals surface area contributed by atoms with Crippen molar-refractivity contribution in [3.63, 3.8) is 0 Å². The van der Waals surface area contributed by atoms with Gasteiger partial charge in [-0.2, -0.15) is 65.9 Å². The van der Waals surface area contributed by atoms with E-state index in [1.807, 2.05) is 0 Å². The smallest absolute Gasteiger partial charge is 0.460 e. The van der Waals surface area contributed by atoms with Crippen LogP contribution >= 0.6 is 0 Å². The molecule has 1 amide bonds. The molecule has 190 valence electrons. The van der Waals surface area contributed by atoms with Gasteiger partial charge in [-0.15, -0.1) is 0 Å². The van der Waals surface area contributed by atoms with Gasteiger partial charge >= 0.3 is 47.7 Å². The van der Waals surface area contributed by atoms with Gasteiger partial charge in [-0.3, -0.25) is 9.59 Å². The van der Waals surface area contributed by atoms with E-state index in [0.29, 0.717) is 0 Å². The summed E-state index contributed by atoms with van der Waals surface area (Å²) in [4.78, 5) is 21.5. The fourth-order valence-electron chi connectivity index (χ4n) is 1.81. The second-order valence-corrected chi connectivity index (χ2v) is 5.91. The first-order valence-corrected chi connectivity index (χ1v) is 7.53. The Labute approximate surface area is 167 Å². The molecule has 0 radical (unpaired) electrons. The molecule has 0 unspecified atom stereocenters. The van der Waals surface area contributed by atoms with Gasteiger partial charge in [-0.05, 0) is 6.92 Å². The van der Waals surface area contributed by atoms with Gasteiger partial charge in [0.15, 0.2) is 0 Å². The maximum absolute atomic E-state index is 13.7. The lowest BCUT2D eigenvalue weighted by atomic mass is 9.90. The molecule has 0 rings (SSSR count). The van der Waals surface area contributed by atoms with Crippen molar-refractivity contribution >= 4 is 11.9 Å². The van der Waals surface area contributed by atoms with E-state index in [0.717, 1.165) is 6.92 Å². The van der Waals surface area contributed by atoms with Gasteiger partial charge in [0.05, 0.1) is 6.61 Å². The van der Waals surface area contributed by atoms with E-state index in [2.05, 4.69) is 4.74 Å². The van der Waals surface area contributed by atoms with Crippen molar-refractivity contribution in [1.29, 1.82) is 0 Å². The van der Waals surface area contributed by atoms with Crippen LogP contribution in [0.1, 0.15) is 6.92 Å². The zero-order chi connectivity index (χ0) is 26.4. The Morgan fingerprint density at radius 2 is 1.00 bits per heavy atom. The second-order valence-electron chi connectivity index (χ2n) is 5.91. The van der Waals surface area contributed by atoms with Gasteiger partial charge in [0.25, 0.3) is 5.91 Å². The Hall–Kier alpha value is -2.11. The molecule has 0 spiro atoms. The normalized spacial score (nSPS) is 14.9. The van der Waals surface area contributed by atoms with Crippen LogP contribution in [0.5, 0.6) is 0 Å². The largest absolute Gasteiger partial charge is 0.465 e. The SMILES string of the molecule is CCOC(=O)CN(C)C(=O)C(F)(F)C(F)(F)C(F)(F)C(F)(F)C(F)(F)C(F)(F)C(F)(F)F. The number of halogens is 15. The maximum Gasteiger partial charge on any atom is 0.460 e. The van der Waals surface area contributed by atoms with Crippen LogP contribution in [-0.2, 0) is 14.3 Å². The highest BCUT2D eigenvalue weighted by Crippen LogP contribution is 2.62. The van der Waals surface area contributed by atoms with E-state index in [4.69, 9.17) is 0 Å². The molecule has 4 nitrogen and oxygen atoms in total. The number of carbonyl (C=O) groups excluding carboxylic acids is 2. The Bertz CT molecular complexity index is 716. The number of alkyl halides is 15. The highest BCUT2D eigenvalue weighted by Gasteiger charge is 2.94. The summed E-state index contributed by atoms with van der Waals surface area (Å²) in [6.45, 7) is -1.06. The predicted octanol–water partition coefficient (Wildman–Crippen LogP) is 4.38. The number of carbonyl (C=O) groups is 2. The van der Waals surface area contributed by atoms with E-state index in [1.54, 1.807) is 0 Å². The van der Waals surface area contributed by atoms with E-state index in [1.165, 1.54) is 0 Å². The monoisotopic (exact) mass is 513 g/mol. The van der Waals surface area contributed by atoms with E-state index in [9.17, 15) is 75.4 Å². The molecule has 0 saturated heterocycles. The summed E-state index contributed by atoms with van der Waals surface area (Å²) in [5, 5.41) is 0. The van der Waals surface area contributed by atoms with Gasteiger partial charge in [0.2, 0.25) is 0 Å². The van der Waals surface area contributed by atoms with E-state index >= 15 is 0 Å². The molecule has 19 heteroatoms. The first kappa shape index (κ1) is 29.9. The summed E-state index contributed by atoms with van der Waals surface area (Å²) in [6, 6.07) is 0. The van der Waals surface area contributed by atoms with Crippen molar-refractivity contribution in [3.05, 3.63) is 0 Å². The van der Waals surface area contributed by atoms with Crippen molar-refractivity contribution in [2.75, 3.05) is 20.2 Å². The summed E-state index contributed by atoms with van der Waals surface area (Å²) in [5.74, 6) is -53.7. The quantitative estimate of drug-likeness (QED) is 0.340. The number of ether oxygens (including phenoxy) is 1. The van der Waals surface area contributed by atoms with Crippen LogP contribution in [0.25, 0.3) is 0 Å². The standard InChI is InChI=1S/C13H10F15NO3/c1-3-32-5(30)4-29(2)6(31)7(14,15)8(16,17)9(18,19)10(20,21)11(22,23)12(24,25)13(26,27)28/h3-4H2,1-2H3. The van der Waals surface area contributed by atoms with Gasteiger partial charge in [0.1, 0.15) is 6.54 Å². The lowest BCUT2D eigenvalue weighted by molar-refractivity contribution is -0.449. The molecule has 0 heterocycles. The van der Waals surface area contributed by atoms with Crippen molar-refractivity contribution in [3.8, 4) is 0 Å². The zero-order valence-electron chi connectivity index (χ0n) is 15.3. The molecule has 0 aliphatic rings. The highest BCUT2D eigenvalue weighted by molar-refractivity contribution is 5.88. The number of esters is 1. The van der Waals surface area contributed by atoms with E-state index < -0.39 is 71.6 Å². The molecule has 0 aromatic carbocycles. The molecule has 0 aliphatic heterocycles. The maximum atomic E-state index is 13.7. The average molecular weight is 513 g/mol. The van der Waals surface area contributed by atoms with Crippen LogP contribution in [0.2, 0.25) is 0 Å². The van der Waals surface area contributed by atoms with Crippen molar-refractivity contribution < 1.29 is 80.2 Å². The van der Waals surface area contributed by atoms with Gasteiger partial charge in [-0.1, -0.05) is 0 Å². The van der Waals surface area contributed by atoms with Crippen LogP contribution in [0, 0.1) is 0 Å². The number of rotatable bonds is 9. The van der Waals surface area contributed by atoms with E-state index in [-0.39, 0.29) is 7.05 Å². The topological polar surface area (TPSA) is 46.6 Å². The molecule has 32 heavy (non-hydrogen) atoms. The number of likely N-dealkylation sites (N-methyl/N-ethyl adjacent to an activating group) is 1. The Kier molecular flexibility index (Phi) is 7.80. The molecular formula is C13H10F15NO3. The fourth-order valence-corrected chi connectivity index (χ4v) is 1.81. The summed E-state index contributed by atoms with van der Waals surface area (Å²) in [5.41, 5.74) is 0. The van der Waals surface area contributed by atoms with Crippen LogP contribution in [0.15, 0.2) is 0 Å². The van der Waals surface area contributed by atoms with Gasteiger partial charge in [0, 0.05) is 7.05 Å². The molecule has 0 N–H and O–H groups in total. The number of hydrogen-bond donors (Lipinski definition) is 0. The number of hydrogen-bond acceptors (Lipinski definition) is 3. The molecule has 0 aromatic rings. The number of nitrogens with zero attached hydrogens (tertiary/aromatic N) is 1. The van der Waals surface area contributed by atoms with Crippen LogP contribution in [-0.4, -0.2) is 78.7 Å². The molecule has 0 aromatic heterocycles. The van der Waals surface area contributed by atoms with Crippen molar-refractivity contribution in [2.24, 2.45) is 0 Å². The van der Waals surface area contributed by atoms with Crippen molar-refractivity contribution in [2.45, 2.75) is 48.6 Å². The summed E-state index contributed by atoms with van der Waals surface area (Å²) in [6.07, 6.45) is -7.72. The minimum absolute atomic E-state index is 0.0337. The minimum atomic E-state index is -8.49. The lowest BCUT2D eigenvalue weighted by Crippen LogP contribution is -2.74. The third-order valence-corrected chi connectivity index (χ3v) is 3.61. The van der Waals surface area contributed by atoms with Crippen LogP contribution < -0.4 is 0 Å². The molecule has 0 fully saturated rings. The zero-order valence-corrected chi connectivity index (χ0v) is 15.3. The second kappa shape index (κ2) is 8.35. The predicted molar refractivity (Wildman–Crippen MR) is 70.0 cm³/mol. The molecule has 0 bridgehead atoms. The summed E-state index contributed by atoms with van der Waals surface area (Å²) >= 11 is 0. The molecule has 0 saturated carbocycles. The average Bonchev–Trinajstić information content (AvgIpc) is 2.59. The van der Waals surface area contributed by atoms with Crippen molar-refractivity contribution in [1.82, 2.24) is 4.90 Å². The minimum Gasteiger partial charge on any atom is -0.465 e. The summed E-state index contributed by atoms with van der Waals surface area (Å²) < 4.78 is 199. The molecular weight excluding hydrogens is 503 g/mol. The summed E-state index contributed by atoms with van der Waals surface area (Å²) in [7, 11) is 0.0337. The third kappa shape index (κ3) is 4.25. The first-order chi connectivity index (χ1) is 13.8. The lowest BCUT2D eigenvalue weighted by Gasteiger charge is -2.41. The third-order valence-electron chi connectivity index (χ3n) is 3.61. The van der Waals surface area contributed by atoms with Gasteiger partial charge < -0.3 is 9.64 Å². The van der Waals surface area contributed by atoms with Gasteiger partial charge in [-0.25, -0.2) is 0 Å². The van der Waals surface area contributed by atoms with Crippen LogP contribution in [0.3, 0.4) is 0 Å². The fraction of sp³-hybridized carbons (Fsp3) is 0.846. The number of amides is 1. The Morgan fingerprint density at radius 3 is 1.34 bits per heavy atom. The first-order valence-electron chi connectivity index (χ1n) is 7.53. The molecule has 0 atom stereocenters. The van der Waals surface area contributed by atoms with Crippen LogP contribution in [0.4, 0.5) is 65.9 Å². The Morgan fingerprint density at radius 1 is 0.656 bits per heavy atom. The Balaban J connectivity index is 6.42. The highest BCUT2D eigenvalue weighted by atomic mass is 19.4. The molecule has 0 aliphatic carbocycles.